The van der Waals surface area contributed by atoms with Crippen LogP contribution in [-0.4, -0.2) is 64.3 Å². The fraction of sp³-hybridized carbons (Fsp3) is 0.435. The third kappa shape index (κ3) is 5.71. The van der Waals surface area contributed by atoms with Crippen LogP contribution in [0.4, 0.5) is 0 Å². The molecule has 1 heterocycles. The van der Waals surface area contributed by atoms with Crippen molar-refractivity contribution in [3.8, 4) is 11.5 Å². The van der Waals surface area contributed by atoms with E-state index in [4.69, 9.17) is 13.9 Å². The summed E-state index contributed by atoms with van der Waals surface area (Å²) in [6, 6.07) is 11.2. The molecule has 0 bridgehead atoms. The second kappa shape index (κ2) is 9.76. The standard InChI is InChI=1S/C23H30N2O4/c1-24(2)11-5-13-27-17-7-9-19-20-10-8-18(28-14-6-12-25(3)4)16-22(20)29-23(26)21(19)15-17/h7-10,15-16H,5-6,11-14H2,1-4H3. The zero-order valence-corrected chi connectivity index (χ0v) is 17.7. The summed E-state index contributed by atoms with van der Waals surface area (Å²) in [5, 5.41) is 2.28. The van der Waals surface area contributed by atoms with Gasteiger partial charge in [-0.05, 0) is 71.4 Å². The Balaban J connectivity index is 1.77. The van der Waals surface area contributed by atoms with E-state index >= 15 is 0 Å². The Morgan fingerprint density at radius 1 is 0.759 bits per heavy atom. The molecule has 0 radical (unpaired) electrons. The van der Waals surface area contributed by atoms with Gasteiger partial charge in [0.05, 0.1) is 18.6 Å². The van der Waals surface area contributed by atoms with E-state index in [1.165, 1.54) is 0 Å². The number of benzene rings is 2. The molecule has 6 nitrogen and oxygen atoms in total. The molecule has 6 heteroatoms. The molecule has 0 saturated carbocycles. The van der Waals surface area contributed by atoms with Gasteiger partial charge in [-0.15, -0.1) is 0 Å². The second-order valence-corrected chi connectivity index (χ2v) is 7.77. The molecule has 0 N–H and O–H groups in total. The van der Waals surface area contributed by atoms with Crippen molar-refractivity contribution in [3.63, 3.8) is 0 Å². The summed E-state index contributed by atoms with van der Waals surface area (Å²) in [5.41, 5.74) is 0.170. The van der Waals surface area contributed by atoms with Crippen LogP contribution in [0.1, 0.15) is 12.8 Å². The monoisotopic (exact) mass is 398 g/mol. The van der Waals surface area contributed by atoms with Gasteiger partial charge in [-0.2, -0.15) is 0 Å². The van der Waals surface area contributed by atoms with Crippen molar-refractivity contribution < 1.29 is 13.9 Å². The Morgan fingerprint density at radius 3 is 1.90 bits per heavy atom. The maximum atomic E-state index is 12.5. The first-order chi connectivity index (χ1) is 13.9. The zero-order chi connectivity index (χ0) is 20.8. The van der Waals surface area contributed by atoms with Gasteiger partial charge in [0.1, 0.15) is 17.1 Å². The molecule has 156 valence electrons. The summed E-state index contributed by atoms with van der Waals surface area (Å²) in [6.45, 7) is 3.15. The van der Waals surface area contributed by atoms with Crippen LogP contribution < -0.4 is 15.1 Å². The van der Waals surface area contributed by atoms with Crippen molar-refractivity contribution in [2.75, 3.05) is 54.5 Å². The molecule has 1 aromatic heterocycles. The molecule has 29 heavy (non-hydrogen) atoms. The fourth-order valence-corrected chi connectivity index (χ4v) is 3.21. The van der Waals surface area contributed by atoms with E-state index in [-0.39, 0.29) is 5.63 Å². The smallest absolute Gasteiger partial charge is 0.344 e. The number of nitrogens with zero attached hydrogens (tertiary/aromatic N) is 2. The topological polar surface area (TPSA) is 55.1 Å². The number of hydrogen-bond acceptors (Lipinski definition) is 6. The first kappa shape index (κ1) is 21.1. The van der Waals surface area contributed by atoms with Gasteiger partial charge in [0.15, 0.2) is 0 Å². The van der Waals surface area contributed by atoms with Crippen molar-refractivity contribution in [1.82, 2.24) is 9.80 Å². The molecule has 3 aromatic rings. The highest BCUT2D eigenvalue weighted by Crippen LogP contribution is 2.28. The summed E-state index contributed by atoms with van der Waals surface area (Å²) < 4.78 is 17.2. The molecule has 0 aliphatic rings. The molecule has 0 amide bonds. The maximum Gasteiger partial charge on any atom is 0.344 e. The van der Waals surface area contributed by atoms with E-state index in [0.29, 0.717) is 35.7 Å². The molecule has 3 rings (SSSR count). The fourth-order valence-electron chi connectivity index (χ4n) is 3.21. The number of ether oxygens (including phenoxy) is 2. The quantitative estimate of drug-likeness (QED) is 0.295. The van der Waals surface area contributed by atoms with Crippen molar-refractivity contribution >= 4 is 21.7 Å². The Labute approximate surface area is 171 Å². The Morgan fingerprint density at radius 2 is 1.31 bits per heavy atom. The number of hydrogen-bond donors (Lipinski definition) is 0. The van der Waals surface area contributed by atoms with Gasteiger partial charge in [-0.25, -0.2) is 4.79 Å². The highest BCUT2D eigenvalue weighted by molar-refractivity contribution is 6.04. The highest BCUT2D eigenvalue weighted by atomic mass is 16.5. The van der Waals surface area contributed by atoms with Crippen LogP contribution in [0.5, 0.6) is 11.5 Å². The largest absolute Gasteiger partial charge is 0.494 e. The normalized spacial score (nSPS) is 11.7. The van der Waals surface area contributed by atoms with Crippen LogP contribution >= 0.6 is 0 Å². The van der Waals surface area contributed by atoms with E-state index in [1.54, 1.807) is 12.1 Å². The molecular formula is C23H30N2O4. The minimum absolute atomic E-state index is 0.365. The molecule has 2 aromatic carbocycles. The number of rotatable bonds is 10. The molecule has 0 aliphatic carbocycles. The lowest BCUT2D eigenvalue weighted by Gasteiger charge is -2.12. The number of fused-ring (bicyclic) bond motifs is 3. The van der Waals surface area contributed by atoms with Crippen LogP contribution in [0, 0.1) is 0 Å². The zero-order valence-electron chi connectivity index (χ0n) is 17.7. The van der Waals surface area contributed by atoms with Crippen LogP contribution in [0.3, 0.4) is 0 Å². The molecular weight excluding hydrogens is 368 g/mol. The van der Waals surface area contributed by atoms with Crippen LogP contribution in [0.25, 0.3) is 21.7 Å². The van der Waals surface area contributed by atoms with Gasteiger partial charge in [0.25, 0.3) is 0 Å². The summed E-state index contributed by atoms with van der Waals surface area (Å²) in [4.78, 5) is 16.8. The van der Waals surface area contributed by atoms with Gasteiger partial charge < -0.3 is 23.7 Å². The Bertz CT molecular complexity index is 1010. The minimum atomic E-state index is -0.365. The summed E-state index contributed by atoms with van der Waals surface area (Å²) in [5.74, 6) is 1.39. The first-order valence-electron chi connectivity index (χ1n) is 10.00. The lowest BCUT2D eigenvalue weighted by molar-refractivity contribution is 0.281. The van der Waals surface area contributed by atoms with Gasteiger partial charge >= 0.3 is 5.63 Å². The summed E-state index contributed by atoms with van der Waals surface area (Å²) in [7, 11) is 8.14. The van der Waals surface area contributed by atoms with E-state index in [2.05, 4.69) is 9.80 Å². The summed E-state index contributed by atoms with van der Waals surface area (Å²) >= 11 is 0. The van der Waals surface area contributed by atoms with Gasteiger partial charge in [-0.1, -0.05) is 0 Å². The average Bonchev–Trinajstić information content (AvgIpc) is 2.68. The third-order valence-electron chi connectivity index (χ3n) is 4.69. The molecule has 0 aliphatic heterocycles. The van der Waals surface area contributed by atoms with Crippen LogP contribution in [0.15, 0.2) is 45.6 Å². The third-order valence-corrected chi connectivity index (χ3v) is 4.69. The second-order valence-electron chi connectivity index (χ2n) is 7.77. The van der Waals surface area contributed by atoms with E-state index in [0.717, 1.165) is 36.7 Å². The van der Waals surface area contributed by atoms with Crippen molar-refractivity contribution in [1.29, 1.82) is 0 Å². The van der Waals surface area contributed by atoms with Gasteiger partial charge in [0.2, 0.25) is 0 Å². The van der Waals surface area contributed by atoms with Crippen molar-refractivity contribution in [2.24, 2.45) is 0 Å². The SMILES string of the molecule is CN(C)CCCOc1ccc2c(c1)oc(=O)c1cc(OCCCN(C)C)ccc12. The average molecular weight is 399 g/mol. The lowest BCUT2D eigenvalue weighted by Crippen LogP contribution is -2.15. The predicted molar refractivity (Wildman–Crippen MR) is 117 cm³/mol. The Kier molecular flexibility index (Phi) is 7.12. The lowest BCUT2D eigenvalue weighted by atomic mass is 10.1. The molecule has 0 atom stereocenters. The van der Waals surface area contributed by atoms with Crippen LogP contribution in [0.2, 0.25) is 0 Å². The molecule has 0 saturated heterocycles. The molecule has 0 spiro atoms. The highest BCUT2D eigenvalue weighted by Gasteiger charge is 2.10. The van der Waals surface area contributed by atoms with Crippen molar-refractivity contribution in [3.05, 3.63) is 46.8 Å². The van der Waals surface area contributed by atoms with Crippen molar-refractivity contribution in [2.45, 2.75) is 12.8 Å². The molecule has 0 fully saturated rings. The van der Waals surface area contributed by atoms with E-state index in [1.807, 2.05) is 52.5 Å². The van der Waals surface area contributed by atoms with Gasteiger partial charge in [0, 0.05) is 29.9 Å². The predicted octanol–water partition coefficient (Wildman–Crippen LogP) is 3.61. The molecule has 0 unspecified atom stereocenters. The minimum Gasteiger partial charge on any atom is -0.494 e. The van der Waals surface area contributed by atoms with E-state index < -0.39 is 0 Å². The Hall–Kier alpha value is -2.57. The maximum absolute atomic E-state index is 12.5. The first-order valence-corrected chi connectivity index (χ1v) is 10.00. The summed E-state index contributed by atoms with van der Waals surface area (Å²) in [6.07, 6.45) is 1.86. The van der Waals surface area contributed by atoms with E-state index in [9.17, 15) is 4.79 Å². The van der Waals surface area contributed by atoms with Crippen LogP contribution in [-0.2, 0) is 0 Å². The van der Waals surface area contributed by atoms with Gasteiger partial charge in [-0.3, -0.25) is 0 Å².